The second kappa shape index (κ2) is 6.59. The summed E-state index contributed by atoms with van der Waals surface area (Å²) in [7, 11) is 1.16. The van der Waals surface area contributed by atoms with Gasteiger partial charge in [0.1, 0.15) is 0 Å². The molecule has 2 nitrogen and oxygen atoms in total. The molecule has 1 aromatic rings. The van der Waals surface area contributed by atoms with Crippen LogP contribution in [0, 0.1) is 0 Å². The quantitative estimate of drug-likeness (QED) is 0.601. The summed E-state index contributed by atoms with van der Waals surface area (Å²) in [5.74, 6) is -1.64. The summed E-state index contributed by atoms with van der Waals surface area (Å²) < 4.78 is 43.5. The van der Waals surface area contributed by atoms with E-state index in [9.17, 15) is 18.0 Å². The summed E-state index contributed by atoms with van der Waals surface area (Å²) in [4.78, 5) is 11.5. The zero-order valence-corrected chi connectivity index (χ0v) is 11.5. The van der Waals surface area contributed by atoms with E-state index in [1.54, 1.807) is 6.08 Å². The van der Waals surface area contributed by atoms with Gasteiger partial charge in [0, 0.05) is 0 Å². The van der Waals surface area contributed by atoms with Gasteiger partial charge in [-0.3, -0.25) is 4.79 Å². The number of alkyl halides is 3. The van der Waals surface area contributed by atoms with E-state index in [1.165, 1.54) is 19.1 Å². The summed E-state index contributed by atoms with van der Waals surface area (Å²) in [6.45, 7) is 4.99. The monoisotopic (exact) mass is 286 g/mol. The number of carbonyl (C=O) groups excluding carboxylic acids is 1. The molecule has 1 rings (SSSR count). The van der Waals surface area contributed by atoms with Gasteiger partial charge < -0.3 is 4.74 Å². The van der Waals surface area contributed by atoms with Crippen molar-refractivity contribution in [3.05, 3.63) is 47.5 Å². The summed E-state index contributed by atoms with van der Waals surface area (Å²) in [6.07, 6.45) is -1.55. The van der Waals surface area contributed by atoms with E-state index >= 15 is 0 Å². The predicted octanol–water partition coefficient (Wildman–Crippen LogP) is 4.10. The summed E-state index contributed by atoms with van der Waals surface area (Å²) in [6, 6.07) is 3.88. The highest BCUT2D eigenvalue weighted by Crippen LogP contribution is 2.36. The van der Waals surface area contributed by atoms with Crippen LogP contribution in [0.1, 0.15) is 36.0 Å². The average Bonchev–Trinajstić information content (AvgIpc) is 2.42. The first kappa shape index (κ1) is 16.3. The molecule has 0 N–H and O–H groups in total. The number of hydrogen-bond donors (Lipinski definition) is 0. The lowest BCUT2D eigenvalue weighted by Crippen LogP contribution is -2.17. The number of methoxy groups -OCH3 is 1. The Morgan fingerprint density at radius 2 is 2.10 bits per heavy atom. The van der Waals surface area contributed by atoms with Crippen molar-refractivity contribution < 1.29 is 22.7 Å². The van der Waals surface area contributed by atoms with E-state index in [0.717, 1.165) is 18.7 Å². The third kappa shape index (κ3) is 3.85. The van der Waals surface area contributed by atoms with Crippen molar-refractivity contribution >= 4 is 5.97 Å². The maximum absolute atomic E-state index is 13.0. The fourth-order valence-electron chi connectivity index (χ4n) is 1.96. The molecule has 0 spiro atoms. The van der Waals surface area contributed by atoms with Crippen LogP contribution in [0.15, 0.2) is 30.9 Å². The summed E-state index contributed by atoms with van der Waals surface area (Å²) in [5, 5.41) is 0. The third-order valence-electron chi connectivity index (χ3n) is 3.08. The van der Waals surface area contributed by atoms with Crippen molar-refractivity contribution in [2.24, 2.45) is 0 Å². The number of rotatable bonds is 5. The van der Waals surface area contributed by atoms with Gasteiger partial charge in [0.15, 0.2) is 0 Å². The first-order chi connectivity index (χ1) is 9.31. The molecular formula is C15H17F3O2. The minimum Gasteiger partial charge on any atom is -0.469 e. The standard InChI is InChI=1S/C15H17F3O2/c1-4-5-6-11-7-8-13(15(16,17)18)12(9-11)10(2)14(19)20-3/h4,7-10H,1,5-6H2,2-3H3. The number of esters is 1. The number of aryl methyl sites for hydroxylation is 1. The van der Waals surface area contributed by atoms with E-state index in [0.29, 0.717) is 12.8 Å². The molecule has 1 aromatic carbocycles. The molecule has 0 fully saturated rings. The molecule has 0 aliphatic heterocycles. The van der Waals surface area contributed by atoms with E-state index in [4.69, 9.17) is 0 Å². The number of halogens is 3. The maximum Gasteiger partial charge on any atom is 0.416 e. The highest BCUT2D eigenvalue weighted by Gasteiger charge is 2.36. The molecule has 0 amide bonds. The topological polar surface area (TPSA) is 26.3 Å². The van der Waals surface area contributed by atoms with Crippen LogP contribution in [0.4, 0.5) is 13.2 Å². The van der Waals surface area contributed by atoms with Crippen molar-refractivity contribution in [3.63, 3.8) is 0 Å². The molecule has 110 valence electrons. The van der Waals surface area contributed by atoms with Gasteiger partial charge in [-0.25, -0.2) is 0 Å². The molecule has 20 heavy (non-hydrogen) atoms. The molecule has 1 atom stereocenters. The van der Waals surface area contributed by atoms with E-state index < -0.39 is 23.6 Å². The number of ether oxygens (including phenoxy) is 1. The van der Waals surface area contributed by atoms with Crippen molar-refractivity contribution in [1.82, 2.24) is 0 Å². The lowest BCUT2D eigenvalue weighted by molar-refractivity contribution is -0.143. The minimum atomic E-state index is -4.49. The number of hydrogen-bond acceptors (Lipinski definition) is 2. The number of benzene rings is 1. The smallest absolute Gasteiger partial charge is 0.416 e. The second-order valence-corrected chi connectivity index (χ2v) is 4.49. The molecule has 1 unspecified atom stereocenters. The Hall–Kier alpha value is -1.78. The Bertz CT molecular complexity index is 492. The van der Waals surface area contributed by atoms with Gasteiger partial charge in [0.25, 0.3) is 0 Å². The highest BCUT2D eigenvalue weighted by molar-refractivity contribution is 5.78. The van der Waals surface area contributed by atoms with Gasteiger partial charge in [0.05, 0.1) is 18.6 Å². The average molecular weight is 286 g/mol. The summed E-state index contributed by atoms with van der Waals surface area (Å²) >= 11 is 0. The predicted molar refractivity (Wildman–Crippen MR) is 70.4 cm³/mol. The lowest BCUT2D eigenvalue weighted by Gasteiger charge is -2.18. The molecule has 0 bridgehead atoms. The van der Waals surface area contributed by atoms with E-state index in [1.807, 2.05) is 0 Å². The Balaban J connectivity index is 3.26. The van der Waals surface area contributed by atoms with E-state index in [2.05, 4.69) is 11.3 Å². The Labute approximate surface area is 116 Å². The zero-order chi connectivity index (χ0) is 15.3. The third-order valence-corrected chi connectivity index (χ3v) is 3.08. The maximum atomic E-state index is 13.0. The van der Waals surface area contributed by atoms with Crippen LogP contribution in [0.2, 0.25) is 0 Å². The number of carbonyl (C=O) groups is 1. The van der Waals surface area contributed by atoms with E-state index in [-0.39, 0.29) is 5.56 Å². The highest BCUT2D eigenvalue weighted by atomic mass is 19.4. The fraction of sp³-hybridized carbons (Fsp3) is 0.400. The molecule has 0 aromatic heterocycles. The number of allylic oxidation sites excluding steroid dienone is 1. The summed E-state index contributed by atoms with van der Waals surface area (Å²) in [5.41, 5.74) is -0.104. The SMILES string of the molecule is C=CCCc1ccc(C(F)(F)F)c(C(C)C(=O)OC)c1. The first-order valence-electron chi connectivity index (χ1n) is 6.20. The van der Waals surface area contributed by atoms with Gasteiger partial charge in [-0.15, -0.1) is 6.58 Å². The van der Waals surface area contributed by atoms with Gasteiger partial charge in [-0.2, -0.15) is 13.2 Å². The fourth-order valence-corrected chi connectivity index (χ4v) is 1.96. The molecular weight excluding hydrogens is 269 g/mol. The Morgan fingerprint density at radius 1 is 1.45 bits per heavy atom. The molecule has 0 aliphatic carbocycles. The Morgan fingerprint density at radius 3 is 2.60 bits per heavy atom. The molecule has 0 heterocycles. The van der Waals surface area contributed by atoms with Gasteiger partial charge in [0.2, 0.25) is 0 Å². The zero-order valence-electron chi connectivity index (χ0n) is 11.5. The lowest BCUT2D eigenvalue weighted by atomic mass is 9.92. The normalized spacial score (nSPS) is 12.8. The van der Waals surface area contributed by atoms with Crippen molar-refractivity contribution in [2.75, 3.05) is 7.11 Å². The largest absolute Gasteiger partial charge is 0.469 e. The van der Waals surface area contributed by atoms with Crippen LogP contribution in [-0.2, 0) is 22.1 Å². The molecule has 0 radical (unpaired) electrons. The molecule has 0 saturated carbocycles. The molecule has 0 saturated heterocycles. The van der Waals surface area contributed by atoms with Gasteiger partial charge in [-0.05, 0) is 37.0 Å². The second-order valence-electron chi connectivity index (χ2n) is 4.49. The van der Waals surface area contributed by atoms with Crippen molar-refractivity contribution in [2.45, 2.75) is 31.9 Å². The van der Waals surface area contributed by atoms with Crippen LogP contribution in [-0.4, -0.2) is 13.1 Å². The first-order valence-corrected chi connectivity index (χ1v) is 6.20. The van der Waals surface area contributed by atoms with Gasteiger partial charge in [-0.1, -0.05) is 18.2 Å². The van der Waals surface area contributed by atoms with Crippen molar-refractivity contribution in [3.8, 4) is 0 Å². The van der Waals surface area contributed by atoms with Crippen LogP contribution in [0.5, 0.6) is 0 Å². The Kier molecular flexibility index (Phi) is 5.36. The minimum absolute atomic E-state index is 0.0501. The molecule has 0 aliphatic rings. The molecule has 5 heteroatoms. The van der Waals surface area contributed by atoms with Crippen molar-refractivity contribution in [1.29, 1.82) is 0 Å². The van der Waals surface area contributed by atoms with Crippen LogP contribution in [0.25, 0.3) is 0 Å². The van der Waals surface area contributed by atoms with Crippen LogP contribution in [0.3, 0.4) is 0 Å². The van der Waals surface area contributed by atoms with Gasteiger partial charge >= 0.3 is 12.1 Å². The van der Waals surface area contributed by atoms with Crippen LogP contribution < -0.4 is 0 Å². The van der Waals surface area contributed by atoms with Crippen LogP contribution >= 0.6 is 0 Å².